The smallest absolute Gasteiger partial charge is 0.206 e. The van der Waals surface area contributed by atoms with Gasteiger partial charge in [0.1, 0.15) is 0 Å². The fourth-order valence-electron chi connectivity index (χ4n) is 2.80. The van der Waals surface area contributed by atoms with Crippen molar-refractivity contribution in [3.63, 3.8) is 0 Å². The summed E-state index contributed by atoms with van der Waals surface area (Å²) in [6, 6.07) is 14.1. The lowest BCUT2D eigenvalue weighted by Crippen LogP contribution is -2.20. The number of ether oxygens (including phenoxy) is 2. The number of imidazole rings is 1. The fourth-order valence-corrected chi connectivity index (χ4v) is 2.80. The number of fused-ring (bicyclic) bond motifs is 1. The molecule has 0 aliphatic heterocycles. The van der Waals surface area contributed by atoms with Gasteiger partial charge in [0, 0.05) is 20.6 Å². The molecule has 0 N–H and O–H groups in total. The summed E-state index contributed by atoms with van der Waals surface area (Å²) in [5.41, 5.74) is 3.27. The maximum atomic E-state index is 5.37. The largest absolute Gasteiger partial charge is 0.493 e. The summed E-state index contributed by atoms with van der Waals surface area (Å²) in [5, 5.41) is 0. The number of benzene rings is 2. The van der Waals surface area contributed by atoms with Gasteiger partial charge < -0.3 is 18.9 Å². The Kier molecular flexibility index (Phi) is 4.10. The topological polar surface area (TPSA) is 39.5 Å². The SMILES string of the molecule is COc1ccc(CN(C)c2nc3ccccc3n2C)cc1OC. The Morgan fingerprint density at radius 1 is 1.04 bits per heavy atom. The number of hydrogen-bond acceptors (Lipinski definition) is 4. The molecule has 0 amide bonds. The van der Waals surface area contributed by atoms with Crippen LogP contribution in [0, 0.1) is 0 Å². The molecule has 120 valence electrons. The van der Waals surface area contributed by atoms with Gasteiger partial charge in [-0.3, -0.25) is 0 Å². The number of anilines is 1. The van der Waals surface area contributed by atoms with E-state index < -0.39 is 0 Å². The van der Waals surface area contributed by atoms with Crippen LogP contribution in [-0.2, 0) is 13.6 Å². The van der Waals surface area contributed by atoms with Gasteiger partial charge in [-0.05, 0) is 29.8 Å². The highest BCUT2D eigenvalue weighted by Crippen LogP contribution is 2.29. The summed E-state index contributed by atoms with van der Waals surface area (Å²) in [4.78, 5) is 6.84. The van der Waals surface area contributed by atoms with Crippen molar-refractivity contribution in [2.45, 2.75) is 6.54 Å². The van der Waals surface area contributed by atoms with Crippen molar-refractivity contribution in [3.8, 4) is 11.5 Å². The first kappa shape index (κ1) is 15.2. The quantitative estimate of drug-likeness (QED) is 0.725. The molecule has 0 aliphatic rings. The first-order valence-electron chi connectivity index (χ1n) is 7.47. The van der Waals surface area contributed by atoms with E-state index in [2.05, 4.69) is 15.5 Å². The van der Waals surface area contributed by atoms with E-state index in [1.807, 2.05) is 50.5 Å². The van der Waals surface area contributed by atoms with Gasteiger partial charge in [-0.2, -0.15) is 0 Å². The fraction of sp³-hybridized carbons (Fsp3) is 0.278. The standard InChI is InChI=1S/C18H21N3O2/c1-20(12-13-9-10-16(22-3)17(11-13)23-4)18-19-14-7-5-6-8-15(14)21(18)2/h5-11H,12H2,1-4H3. The van der Waals surface area contributed by atoms with Gasteiger partial charge in [0.25, 0.3) is 0 Å². The highest BCUT2D eigenvalue weighted by atomic mass is 16.5. The van der Waals surface area contributed by atoms with Gasteiger partial charge in [0.05, 0.1) is 25.3 Å². The molecule has 2 aromatic carbocycles. The summed E-state index contributed by atoms with van der Waals surface area (Å²) in [6.07, 6.45) is 0. The van der Waals surface area contributed by atoms with Crippen LogP contribution in [0.5, 0.6) is 11.5 Å². The Morgan fingerprint density at radius 3 is 2.48 bits per heavy atom. The van der Waals surface area contributed by atoms with E-state index >= 15 is 0 Å². The van der Waals surface area contributed by atoms with E-state index in [0.29, 0.717) is 0 Å². The van der Waals surface area contributed by atoms with Gasteiger partial charge in [0.2, 0.25) is 5.95 Å². The predicted octanol–water partition coefficient (Wildman–Crippen LogP) is 3.23. The Balaban J connectivity index is 1.88. The molecule has 0 radical (unpaired) electrons. The van der Waals surface area contributed by atoms with E-state index in [1.165, 1.54) is 0 Å². The van der Waals surface area contributed by atoms with E-state index in [4.69, 9.17) is 14.5 Å². The van der Waals surface area contributed by atoms with E-state index in [0.717, 1.165) is 40.6 Å². The summed E-state index contributed by atoms with van der Waals surface area (Å²) < 4.78 is 12.8. The Bertz CT molecular complexity index is 826. The number of aryl methyl sites for hydroxylation is 1. The molecule has 1 aromatic heterocycles. The van der Waals surface area contributed by atoms with Crippen molar-refractivity contribution < 1.29 is 9.47 Å². The Morgan fingerprint density at radius 2 is 1.78 bits per heavy atom. The molecular formula is C18H21N3O2. The zero-order valence-corrected chi connectivity index (χ0v) is 13.9. The number of nitrogens with zero attached hydrogens (tertiary/aromatic N) is 3. The first-order chi connectivity index (χ1) is 11.1. The zero-order chi connectivity index (χ0) is 16.4. The molecule has 0 spiro atoms. The lowest BCUT2D eigenvalue weighted by molar-refractivity contribution is 0.354. The molecule has 5 nitrogen and oxygen atoms in total. The molecule has 5 heteroatoms. The highest BCUT2D eigenvalue weighted by Gasteiger charge is 2.13. The van der Waals surface area contributed by atoms with Crippen molar-refractivity contribution in [2.75, 3.05) is 26.2 Å². The molecule has 0 fully saturated rings. The molecule has 0 saturated carbocycles. The predicted molar refractivity (Wildman–Crippen MR) is 92.4 cm³/mol. The molecule has 3 aromatic rings. The third kappa shape index (κ3) is 2.82. The lowest BCUT2D eigenvalue weighted by Gasteiger charge is -2.19. The minimum Gasteiger partial charge on any atom is -0.493 e. The van der Waals surface area contributed by atoms with Crippen LogP contribution in [0.4, 0.5) is 5.95 Å². The maximum absolute atomic E-state index is 5.37. The molecular weight excluding hydrogens is 290 g/mol. The second kappa shape index (κ2) is 6.20. The Hall–Kier alpha value is -2.69. The number of methoxy groups -OCH3 is 2. The normalized spacial score (nSPS) is 10.8. The van der Waals surface area contributed by atoms with Gasteiger partial charge >= 0.3 is 0 Å². The average molecular weight is 311 g/mol. The maximum Gasteiger partial charge on any atom is 0.206 e. The highest BCUT2D eigenvalue weighted by molar-refractivity contribution is 5.78. The molecule has 0 atom stereocenters. The van der Waals surface area contributed by atoms with Crippen LogP contribution >= 0.6 is 0 Å². The van der Waals surface area contributed by atoms with Crippen LogP contribution < -0.4 is 14.4 Å². The third-order valence-electron chi connectivity index (χ3n) is 3.97. The van der Waals surface area contributed by atoms with Gasteiger partial charge in [-0.1, -0.05) is 18.2 Å². The molecule has 23 heavy (non-hydrogen) atoms. The number of para-hydroxylation sites is 2. The number of hydrogen-bond donors (Lipinski definition) is 0. The van der Waals surface area contributed by atoms with E-state index in [1.54, 1.807) is 14.2 Å². The monoisotopic (exact) mass is 311 g/mol. The van der Waals surface area contributed by atoms with Crippen molar-refractivity contribution in [1.82, 2.24) is 9.55 Å². The van der Waals surface area contributed by atoms with Crippen LogP contribution in [0.2, 0.25) is 0 Å². The van der Waals surface area contributed by atoms with Crippen LogP contribution in [0.15, 0.2) is 42.5 Å². The van der Waals surface area contributed by atoms with Gasteiger partial charge in [0.15, 0.2) is 11.5 Å². The van der Waals surface area contributed by atoms with E-state index in [9.17, 15) is 0 Å². The second-order valence-electron chi connectivity index (χ2n) is 5.50. The summed E-state index contributed by atoms with van der Waals surface area (Å²) in [7, 11) is 7.37. The van der Waals surface area contributed by atoms with Crippen LogP contribution in [0.25, 0.3) is 11.0 Å². The zero-order valence-electron chi connectivity index (χ0n) is 13.9. The third-order valence-corrected chi connectivity index (χ3v) is 3.97. The van der Waals surface area contributed by atoms with Crippen molar-refractivity contribution in [1.29, 1.82) is 0 Å². The lowest BCUT2D eigenvalue weighted by atomic mass is 10.2. The van der Waals surface area contributed by atoms with Crippen LogP contribution in [0.3, 0.4) is 0 Å². The summed E-state index contributed by atoms with van der Waals surface area (Å²) >= 11 is 0. The summed E-state index contributed by atoms with van der Waals surface area (Å²) in [5.74, 6) is 2.41. The molecule has 1 heterocycles. The average Bonchev–Trinajstić information content (AvgIpc) is 2.92. The number of rotatable bonds is 5. The number of aromatic nitrogens is 2. The molecule has 0 saturated heterocycles. The van der Waals surface area contributed by atoms with E-state index in [-0.39, 0.29) is 0 Å². The second-order valence-corrected chi connectivity index (χ2v) is 5.50. The van der Waals surface area contributed by atoms with Gasteiger partial charge in [-0.15, -0.1) is 0 Å². The van der Waals surface area contributed by atoms with Crippen molar-refractivity contribution in [2.24, 2.45) is 7.05 Å². The van der Waals surface area contributed by atoms with Crippen LogP contribution in [-0.4, -0.2) is 30.8 Å². The minimum atomic E-state index is 0.734. The summed E-state index contributed by atoms with van der Waals surface area (Å²) in [6.45, 7) is 0.734. The van der Waals surface area contributed by atoms with Gasteiger partial charge in [-0.25, -0.2) is 4.98 Å². The first-order valence-corrected chi connectivity index (χ1v) is 7.47. The van der Waals surface area contributed by atoms with Crippen LogP contribution in [0.1, 0.15) is 5.56 Å². The molecule has 0 aliphatic carbocycles. The molecule has 0 bridgehead atoms. The molecule has 3 rings (SSSR count). The molecule has 0 unspecified atom stereocenters. The van der Waals surface area contributed by atoms with Crippen molar-refractivity contribution >= 4 is 17.0 Å². The van der Waals surface area contributed by atoms with Crippen molar-refractivity contribution in [3.05, 3.63) is 48.0 Å². The minimum absolute atomic E-state index is 0.734. The Labute approximate surface area is 136 Å².